The molecule has 0 saturated carbocycles. The molecule has 326 valence electrons. The fourth-order valence-corrected chi connectivity index (χ4v) is 10.6. The highest BCUT2D eigenvalue weighted by Crippen LogP contribution is 2.42. The molecule has 0 bridgehead atoms. The molecule has 11 aromatic carbocycles. The van der Waals surface area contributed by atoms with Gasteiger partial charge in [0.2, 0.25) is 0 Å². The van der Waals surface area contributed by atoms with Crippen molar-refractivity contribution in [2.24, 2.45) is 0 Å². The minimum atomic E-state index is 0.598. The number of para-hydroxylation sites is 2. The van der Waals surface area contributed by atoms with Crippen molar-refractivity contribution in [1.29, 1.82) is 0 Å². The van der Waals surface area contributed by atoms with Crippen molar-refractivity contribution in [2.45, 2.75) is 0 Å². The summed E-state index contributed by atoms with van der Waals surface area (Å²) in [6, 6.07) is 88.9. The van der Waals surface area contributed by atoms with Crippen molar-refractivity contribution >= 4 is 65.2 Å². The number of aromatic nitrogens is 5. The number of hydrogen-bond acceptors (Lipinski definition) is 3. The second-order valence-electron chi connectivity index (χ2n) is 18.0. The third-order valence-electron chi connectivity index (χ3n) is 13.9. The van der Waals surface area contributed by atoms with Gasteiger partial charge in [0, 0.05) is 55.0 Å². The van der Waals surface area contributed by atoms with Crippen molar-refractivity contribution < 1.29 is 0 Å². The van der Waals surface area contributed by atoms with Crippen molar-refractivity contribution in [1.82, 2.24) is 24.1 Å². The topological polar surface area (TPSA) is 48.5 Å². The van der Waals surface area contributed by atoms with Gasteiger partial charge in [-0.3, -0.25) is 0 Å². The van der Waals surface area contributed by atoms with Crippen molar-refractivity contribution in [3.8, 4) is 67.8 Å². The monoisotopic (exact) mass is 891 g/mol. The van der Waals surface area contributed by atoms with E-state index < -0.39 is 0 Å². The minimum Gasteiger partial charge on any atom is -0.309 e. The highest BCUT2D eigenvalue weighted by atomic mass is 15.0. The second-order valence-corrected chi connectivity index (χ2v) is 18.0. The summed E-state index contributed by atoms with van der Waals surface area (Å²) in [5.74, 6) is 1.82. The summed E-state index contributed by atoms with van der Waals surface area (Å²) in [5.41, 5.74) is 13.9. The maximum Gasteiger partial charge on any atom is 0.164 e. The molecule has 3 aromatic heterocycles. The molecule has 0 radical (unpaired) electrons. The Balaban J connectivity index is 1.03. The molecule has 0 aliphatic carbocycles. The van der Waals surface area contributed by atoms with Crippen LogP contribution in [0.1, 0.15) is 0 Å². The second kappa shape index (κ2) is 16.1. The van der Waals surface area contributed by atoms with E-state index in [4.69, 9.17) is 15.0 Å². The smallest absolute Gasteiger partial charge is 0.164 e. The van der Waals surface area contributed by atoms with Crippen LogP contribution in [-0.2, 0) is 0 Å². The first-order valence-electron chi connectivity index (χ1n) is 23.8. The van der Waals surface area contributed by atoms with Crippen LogP contribution in [0.2, 0.25) is 0 Å². The maximum absolute atomic E-state index is 5.45. The Kier molecular flexibility index (Phi) is 9.14. The number of hydrogen-bond donors (Lipinski definition) is 0. The van der Waals surface area contributed by atoms with Crippen LogP contribution in [0.25, 0.3) is 133 Å². The fraction of sp³-hybridized carbons (Fsp3) is 0. The van der Waals surface area contributed by atoms with E-state index in [1.54, 1.807) is 0 Å². The number of fused-ring (bicyclic) bond motifs is 9. The number of benzene rings is 11. The molecule has 0 amide bonds. The third-order valence-corrected chi connectivity index (χ3v) is 13.9. The molecule has 0 atom stereocenters. The zero-order valence-electron chi connectivity index (χ0n) is 37.9. The SMILES string of the molecule is c1ccc(-c2cccc(-c3cc(-n4c5cc6ccccc6cc5c5ccc6ccccc6c54)ccc3-c3nc(-c4ccccc4)nc(-c4ccc5c(c4)c4ccccc4n5-c4ccccc4)n3)c2)cc1. The van der Waals surface area contributed by atoms with Gasteiger partial charge in [-0.25, -0.2) is 15.0 Å². The molecule has 5 nitrogen and oxygen atoms in total. The van der Waals surface area contributed by atoms with Gasteiger partial charge in [0.05, 0.1) is 22.1 Å². The molecule has 0 saturated heterocycles. The van der Waals surface area contributed by atoms with E-state index in [9.17, 15) is 0 Å². The van der Waals surface area contributed by atoms with Gasteiger partial charge in [0.15, 0.2) is 17.5 Å². The van der Waals surface area contributed by atoms with Crippen LogP contribution < -0.4 is 0 Å². The molecule has 0 aliphatic heterocycles. The van der Waals surface area contributed by atoms with Gasteiger partial charge in [0.25, 0.3) is 0 Å². The van der Waals surface area contributed by atoms with Crippen molar-refractivity contribution in [2.75, 3.05) is 0 Å². The fourth-order valence-electron chi connectivity index (χ4n) is 10.6. The van der Waals surface area contributed by atoms with Gasteiger partial charge in [-0.1, -0.05) is 176 Å². The summed E-state index contributed by atoms with van der Waals surface area (Å²) in [4.78, 5) is 16.1. The molecule has 14 aromatic rings. The van der Waals surface area contributed by atoms with Gasteiger partial charge >= 0.3 is 0 Å². The molecule has 0 aliphatic rings. The molecule has 0 spiro atoms. The van der Waals surface area contributed by atoms with Crippen LogP contribution in [0, 0.1) is 0 Å². The number of nitrogens with zero attached hydrogens (tertiary/aromatic N) is 5. The Labute approximate surface area is 403 Å². The van der Waals surface area contributed by atoms with E-state index in [2.05, 4.69) is 240 Å². The molecule has 14 rings (SSSR count). The summed E-state index contributed by atoms with van der Waals surface area (Å²) in [6.45, 7) is 0. The summed E-state index contributed by atoms with van der Waals surface area (Å²) >= 11 is 0. The molecule has 70 heavy (non-hydrogen) atoms. The van der Waals surface area contributed by atoms with Crippen LogP contribution in [0.5, 0.6) is 0 Å². The van der Waals surface area contributed by atoms with Crippen molar-refractivity contribution in [3.05, 3.63) is 249 Å². The van der Waals surface area contributed by atoms with Crippen molar-refractivity contribution in [3.63, 3.8) is 0 Å². The van der Waals surface area contributed by atoms with Crippen LogP contribution in [0.4, 0.5) is 0 Å². The molecule has 5 heteroatoms. The zero-order valence-corrected chi connectivity index (χ0v) is 37.9. The Morgan fingerprint density at radius 1 is 0.243 bits per heavy atom. The minimum absolute atomic E-state index is 0.598. The van der Waals surface area contributed by atoms with Gasteiger partial charge < -0.3 is 9.13 Å². The largest absolute Gasteiger partial charge is 0.309 e. The van der Waals surface area contributed by atoms with Gasteiger partial charge in [-0.05, 0) is 111 Å². The van der Waals surface area contributed by atoms with Crippen LogP contribution in [0.3, 0.4) is 0 Å². The Hall–Kier alpha value is -9.45. The van der Waals surface area contributed by atoms with E-state index in [-0.39, 0.29) is 0 Å². The molecule has 0 fully saturated rings. The number of rotatable bonds is 7. The van der Waals surface area contributed by atoms with Crippen LogP contribution >= 0.6 is 0 Å². The molecule has 0 unspecified atom stereocenters. The predicted octanol–water partition coefficient (Wildman–Crippen LogP) is 16.7. The van der Waals surface area contributed by atoms with Gasteiger partial charge in [-0.15, -0.1) is 0 Å². The standard InChI is InChI=1S/C65H41N5/c1-4-17-42(18-5-1)45-24-16-25-48(37-45)56-41-51(70-61-40-47-23-11-10-22-46(47)38-58(61)54-34-31-43-19-12-13-28-52(43)62(54)70)33-35-55(56)65-67-63(44-20-6-2-7-21-44)66-64(68-65)49-32-36-60-57(39-49)53-29-14-15-30-59(53)69(60)50-26-8-3-9-27-50/h1-41H. The lowest BCUT2D eigenvalue weighted by molar-refractivity contribution is 1.07. The molecule has 3 heterocycles. The average Bonchev–Trinajstić information content (AvgIpc) is 3.95. The highest BCUT2D eigenvalue weighted by molar-refractivity contribution is 6.21. The Bertz CT molecular complexity index is 4340. The predicted molar refractivity (Wildman–Crippen MR) is 291 cm³/mol. The first-order valence-corrected chi connectivity index (χ1v) is 23.8. The maximum atomic E-state index is 5.45. The molecular formula is C65H41N5. The Morgan fingerprint density at radius 2 is 0.843 bits per heavy atom. The highest BCUT2D eigenvalue weighted by Gasteiger charge is 2.22. The normalized spacial score (nSPS) is 11.7. The summed E-state index contributed by atoms with van der Waals surface area (Å²) < 4.78 is 4.80. The first-order chi connectivity index (χ1) is 34.7. The Morgan fingerprint density at radius 3 is 1.64 bits per heavy atom. The zero-order chi connectivity index (χ0) is 46.1. The summed E-state index contributed by atoms with van der Waals surface area (Å²) in [5, 5.41) is 9.56. The van der Waals surface area contributed by atoms with Crippen LogP contribution in [-0.4, -0.2) is 24.1 Å². The van der Waals surface area contributed by atoms with E-state index in [1.165, 1.54) is 43.2 Å². The van der Waals surface area contributed by atoms with Gasteiger partial charge in [0.1, 0.15) is 0 Å². The van der Waals surface area contributed by atoms with E-state index in [1.807, 2.05) is 18.2 Å². The first kappa shape index (κ1) is 39.7. The summed E-state index contributed by atoms with van der Waals surface area (Å²) in [7, 11) is 0. The lowest BCUT2D eigenvalue weighted by Crippen LogP contribution is -2.02. The van der Waals surface area contributed by atoms with E-state index in [0.717, 1.165) is 72.3 Å². The van der Waals surface area contributed by atoms with Gasteiger partial charge in [-0.2, -0.15) is 0 Å². The molecular weight excluding hydrogens is 851 g/mol. The average molecular weight is 892 g/mol. The quantitative estimate of drug-likeness (QED) is 0.160. The van der Waals surface area contributed by atoms with E-state index >= 15 is 0 Å². The van der Waals surface area contributed by atoms with Crippen LogP contribution in [0.15, 0.2) is 249 Å². The summed E-state index contributed by atoms with van der Waals surface area (Å²) in [6.07, 6.45) is 0. The molecule has 0 N–H and O–H groups in total. The lowest BCUT2D eigenvalue weighted by Gasteiger charge is -2.17. The van der Waals surface area contributed by atoms with E-state index in [0.29, 0.717) is 17.5 Å². The third kappa shape index (κ3) is 6.51. The lowest BCUT2D eigenvalue weighted by atomic mass is 9.94.